The number of hydrogen-bond acceptors (Lipinski definition) is 2. The molecule has 0 bridgehead atoms. The Morgan fingerprint density at radius 3 is 2.85 bits per heavy atom. The second kappa shape index (κ2) is 5.52. The van der Waals surface area contributed by atoms with Crippen molar-refractivity contribution < 1.29 is 19.1 Å². The molecule has 0 saturated carbocycles. The Labute approximate surface area is 124 Å². The van der Waals surface area contributed by atoms with Gasteiger partial charge in [-0.2, -0.15) is 0 Å². The van der Waals surface area contributed by atoms with Crippen LogP contribution in [0.4, 0.5) is 4.39 Å². The second-order valence-corrected chi connectivity index (χ2v) is 5.99. The molecule has 1 fully saturated rings. The SMILES string of the molecule is CC1(C(=O)O)CCCN1C(=O)Cc1cc(F)ccc1Br. The topological polar surface area (TPSA) is 57.6 Å². The maximum absolute atomic E-state index is 13.2. The highest BCUT2D eigenvalue weighted by Gasteiger charge is 2.45. The monoisotopic (exact) mass is 343 g/mol. The van der Waals surface area contributed by atoms with Gasteiger partial charge in [-0.3, -0.25) is 4.79 Å². The zero-order valence-electron chi connectivity index (χ0n) is 11.0. The van der Waals surface area contributed by atoms with Crippen molar-refractivity contribution in [1.82, 2.24) is 4.90 Å². The third kappa shape index (κ3) is 2.70. The summed E-state index contributed by atoms with van der Waals surface area (Å²) in [5.74, 6) is -1.71. The first-order valence-electron chi connectivity index (χ1n) is 6.32. The van der Waals surface area contributed by atoms with Gasteiger partial charge in [0, 0.05) is 11.0 Å². The molecule has 4 nitrogen and oxygen atoms in total. The van der Waals surface area contributed by atoms with E-state index in [0.717, 1.165) is 0 Å². The largest absolute Gasteiger partial charge is 0.480 e. The molecule has 1 atom stereocenters. The summed E-state index contributed by atoms with van der Waals surface area (Å²) in [7, 11) is 0. The van der Waals surface area contributed by atoms with E-state index >= 15 is 0 Å². The van der Waals surface area contributed by atoms with Crippen LogP contribution in [-0.2, 0) is 16.0 Å². The Balaban J connectivity index is 2.20. The molecule has 0 aromatic heterocycles. The summed E-state index contributed by atoms with van der Waals surface area (Å²) < 4.78 is 13.9. The lowest BCUT2D eigenvalue weighted by atomic mass is 9.98. The highest BCUT2D eigenvalue weighted by Crippen LogP contribution is 2.30. The van der Waals surface area contributed by atoms with E-state index in [9.17, 15) is 19.1 Å². The number of nitrogens with zero attached hydrogens (tertiary/aromatic N) is 1. The van der Waals surface area contributed by atoms with E-state index in [0.29, 0.717) is 29.4 Å². The van der Waals surface area contributed by atoms with Crippen molar-refractivity contribution in [3.8, 4) is 0 Å². The predicted molar refractivity (Wildman–Crippen MR) is 74.8 cm³/mol. The van der Waals surface area contributed by atoms with Crippen LogP contribution in [0.3, 0.4) is 0 Å². The predicted octanol–water partition coefficient (Wildman–Crippen LogP) is 2.60. The molecule has 1 aromatic carbocycles. The van der Waals surface area contributed by atoms with Gasteiger partial charge in [0.25, 0.3) is 0 Å². The van der Waals surface area contributed by atoms with Gasteiger partial charge in [-0.15, -0.1) is 0 Å². The molecule has 108 valence electrons. The van der Waals surface area contributed by atoms with Gasteiger partial charge in [-0.25, -0.2) is 9.18 Å². The second-order valence-electron chi connectivity index (χ2n) is 5.14. The molecule has 1 unspecified atom stereocenters. The summed E-state index contributed by atoms with van der Waals surface area (Å²) in [6.45, 7) is 1.98. The smallest absolute Gasteiger partial charge is 0.329 e. The molecule has 1 N–H and O–H groups in total. The zero-order chi connectivity index (χ0) is 14.9. The standard InChI is InChI=1S/C14H15BrFNO3/c1-14(13(19)20)5-2-6-17(14)12(18)8-9-7-10(16)3-4-11(9)15/h3-4,7H,2,5-6,8H2,1H3,(H,19,20). The first-order valence-corrected chi connectivity index (χ1v) is 7.11. The average Bonchev–Trinajstić information content (AvgIpc) is 2.77. The van der Waals surface area contributed by atoms with E-state index in [4.69, 9.17) is 0 Å². The number of carbonyl (C=O) groups is 2. The van der Waals surface area contributed by atoms with Gasteiger partial charge >= 0.3 is 5.97 Å². The molecule has 1 heterocycles. The molecule has 2 rings (SSSR count). The van der Waals surface area contributed by atoms with Gasteiger partial charge in [-0.05, 0) is 43.5 Å². The number of rotatable bonds is 3. The summed E-state index contributed by atoms with van der Waals surface area (Å²) >= 11 is 3.27. The molecule has 1 saturated heterocycles. The first kappa shape index (κ1) is 15.0. The summed E-state index contributed by atoms with van der Waals surface area (Å²) in [6, 6.07) is 4.13. The van der Waals surface area contributed by atoms with Crippen molar-refractivity contribution >= 4 is 27.8 Å². The van der Waals surface area contributed by atoms with Crippen molar-refractivity contribution in [2.75, 3.05) is 6.54 Å². The van der Waals surface area contributed by atoms with Gasteiger partial charge < -0.3 is 10.0 Å². The molecule has 1 aliphatic rings. The number of carboxylic acid groups (broad SMARTS) is 1. The number of halogens is 2. The van der Waals surface area contributed by atoms with Crippen LogP contribution in [0, 0.1) is 5.82 Å². The number of benzene rings is 1. The van der Waals surface area contributed by atoms with E-state index in [1.807, 2.05) is 0 Å². The Bertz CT molecular complexity index is 563. The summed E-state index contributed by atoms with van der Waals surface area (Å²) in [4.78, 5) is 25.0. The van der Waals surface area contributed by atoms with Crippen molar-refractivity contribution in [3.63, 3.8) is 0 Å². The average molecular weight is 344 g/mol. The zero-order valence-corrected chi connectivity index (χ0v) is 12.6. The number of amides is 1. The van der Waals surface area contributed by atoms with E-state index in [1.54, 1.807) is 13.0 Å². The van der Waals surface area contributed by atoms with Crippen molar-refractivity contribution in [1.29, 1.82) is 0 Å². The Morgan fingerprint density at radius 2 is 2.20 bits per heavy atom. The minimum Gasteiger partial charge on any atom is -0.480 e. The summed E-state index contributed by atoms with van der Waals surface area (Å²) in [5.41, 5.74) is -0.633. The third-order valence-corrected chi connectivity index (χ3v) is 4.53. The normalized spacial score (nSPS) is 22.1. The fourth-order valence-electron chi connectivity index (χ4n) is 2.52. The van der Waals surface area contributed by atoms with Crippen LogP contribution >= 0.6 is 15.9 Å². The molecule has 6 heteroatoms. The van der Waals surface area contributed by atoms with E-state index in [1.165, 1.54) is 17.0 Å². The Hall–Kier alpha value is -1.43. The van der Waals surface area contributed by atoms with Crippen LogP contribution in [0.25, 0.3) is 0 Å². The van der Waals surface area contributed by atoms with Crippen LogP contribution in [0.15, 0.2) is 22.7 Å². The summed E-state index contributed by atoms with van der Waals surface area (Å²) in [5, 5.41) is 9.29. The van der Waals surface area contributed by atoms with Gasteiger partial charge in [0.15, 0.2) is 0 Å². The fraction of sp³-hybridized carbons (Fsp3) is 0.429. The van der Waals surface area contributed by atoms with Crippen LogP contribution in [-0.4, -0.2) is 34.0 Å². The molecule has 1 amide bonds. The van der Waals surface area contributed by atoms with Gasteiger partial charge in [0.2, 0.25) is 5.91 Å². The van der Waals surface area contributed by atoms with Crippen LogP contribution in [0.1, 0.15) is 25.3 Å². The molecule has 1 aliphatic heterocycles. The number of carbonyl (C=O) groups excluding carboxylic acids is 1. The third-order valence-electron chi connectivity index (χ3n) is 3.75. The molecule has 20 heavy (non-hydrogen) atoms. The van der Waals surface area contributed by atoms with Crippen molar-refractivity contribution in [2.45, 2.75) is 31.7 Å². The quantitative estimate of drug-likeness (QED) is 0.917. The molecule has 0 radical (unpaired) electrons. The molecular formula is C14H15BrFNO3. The molecule has 0 aliphatic carbocycles. The highest BCUT2D eigenvalue weighted by molar-refractivity contribution is 9.10. The Morgan fingerprint density at radius 1 is 1.50 bits per heavy atom. The van der Waals surface area contributed by atoms with E-state index in [2.05, 4.69) is 15.9 Å². The number of hydrogen-bond donors (Lipinski definition) is 1. The van der Waals surface area contributed by atoms with E-state index < -0.39 is 17.3 Å². The van der Waals surface area contributed by atoms with Crippen molar-refractivity contribution in [3.05, 3.63) is 34.1 Å². The van der Waals surface area contributed by atoms with Crippen LogP contribution in [0.2, 0.25) is 0 Å². The minimum atomic E-state index is -1.16. The lowest BCUT2D eigenvalue weighted by molar-refractivity contribution is -0.155. The lowest BCUT2D eigenvalue weighted by Crippen LogP contribution is -2.51. The molecular weight excluding hydrogens is 329 g/mol. The lowest BCUT2D eigenvalue weighted by Gasteiger charge is -2.31. The Kier molecular flexibility index (Phi) is 4.13. The first-order chi connectivity index (χ1) is 9.34. The van der Waals surface area contributed by atoms with Crippen LogP contribution in [0.5, 0.6) is 0 Å². The molecule has 1 aromatic rings. The maximum atomic E-state index is 13.2. The summed E-state index contributed by atoms with van der Waals surface area (Å²) in [6.07, 6.45) is 1.10. The maximum Gasteiger partial charge on any atom is 0.329 e. The van der Waals surface area contributed by atoms with Gasteiger partial charge in [0.1, 0.15) is 11.4 Å². The van der Waals surface area contributed by atoms with Crippen LogP contribution < -0.4 is 0 Å². The van der Waals surface area contributed by atoms with Crippen molar-refractivity contribution in [2.24, 2.45) is 0 Å². The number of likely N-dealkylation sites (tertiary alicyclic amines) is 1. The number of carboxylic acids is 1. The van der Waals surface area contributed by atoms with E-state index in [-0.39, 0.29) is 12.3 Å². The highest BCUT2D eigenvalue weighted by atomic mass is 79.9. The number of aliphatic carboxylic acids is 1. The molecule has 0 spiro atoms. The fourth-order valence-corrected chi connectivity index (χ4v) is 2.91. The van der Waals surface area contributed by atoms with Gasteiger partial charge in [0.05, 0.1) is 6.42 Å². The minimum absolute atomic E-state index is 0.0127. The van der Waals surface area contributed by atoms with Gasteiger partial charge in [-0.1, -0.05) is 15.9 Å².